The molecule has 0 bridgehead atoms. The van der Waals surface area contributed by atoms with Crippen molar-refractivity contribution in [1.82, 2.24) is 5.32 Å². The van der Waals surface area contributed by atoms with Gasteiger partial charge in [-0.1, -0.05) is 13.8 Å². The van der Waals surface area contributed by atoms with Gasteiger partial charge in [0.2, 0.25) is 5.91 Å². The largest absolute Gasteiger partial charge is 0.396 e. The molecule has 0 aromatic heterocycles. The second-order valence-corrected chi connectivity index (χ2v) is 6.08. The number of aliphatic hydroxyl groups is 1. The number of carbonyl (C=O) groups excluding carboxylic acids is 2. The van der Waals surface area contributed by atoms with Gasteiger partial charge in [-0.3, -0.25) is 9.59 Å². The van der Waals surface area contributed by atoms with Crippen LogP contribution in [0.15, 0.2) is 18.2 Å². The number of amides is 2. The van der Waals surface area contributed by atoms with Gasteiger partial charge in [0, 0.05) is 24.6 Å². The molecule has 1 aromatic rings. The summed E-state index contributed by atoms with van der Waals surface area (Å²) in [5.74, 6) is -1.09. The third kappa shape index (κ3) is 6.78. The molecular formula is C17H25FN2O3. The van der Waals surface area contributed by atoms with Crippen LogP contribution in [-0.2, 0) is 4.79 Å². The summed E-state index contributed by atoms with van der Waals surface area (Å²) < 4.78 is 14.0. The molecule has 1 aromatic carbocycles. The quantitative estimate of drug-likeness (QED) is 0.688. The molecule has 3 N–H and O–H groups in total. The van der Waals surface area contributed by atoms with Crippen molar-refractivity contribution in [2.45, 2.75) is 46.1 Å². The first kappa shape index (κ1) is 19.1. The molecule has 2 amide bonds. The highest BCUT2D eigenvalue weighted by Gasteiger charge is 2.14. The van der Waals surface area contributed by atoms with Gasteiger partial charge in [0.1, 0.15) is 5.82 Å². The van der Waals surface area contributed by atoms with Crippen molar-refractivity contribution < 1.29 is 19.1 Å². The van der Waals surface area contributed by atoms with Gasteiger partial charge >= 0.3 is 0 Å². The molecule has 6 heteroatoms. The summed E-state index contributed by atoms with van der Waals surface area (Å²) in [7, 11) is 0. The first-order valence-electron chi connectivity index (χ1n) is 7.84. The molecule has 0 spiro atoms. The molecule has 1 unspecified atom stereocenters. The first-order chi connectivity index (χ1) is 10.8. The van der Waals surface area contributed by atoms with Gasteiger partial charge in [-0.2, -0.15) is 0 Å². The second-order valence-electron chi connectivity index (χ2n) is 6.08. The van der Waals surface area contributed by atoms with Gasteiger partial charge in [-0.05, 0) is 43.9 Å². The van der Waals surface area contributed by atoms with Crippen molar-refractivity contribution >= 4 is 17.5 Å². The lowest BCUT2D eigenvalue weighted by atomic mass is 10.1. The van der Waals surface area contributed by atoms with Crippen molar-refractivity contribution in [2.24, 2.45) is 5.92 Å². The van der Waals surface area contributed by atoms with E-state index in [0.717, 1.165) is 6.07 Å². The predicted molar refractivity (Wildman–Crippen MR) is 87.7 cm³/mol. The summed E-state index contributed by atoms with van der Waals surface area (Å²) in [4.78, 5) is 23.7. The van der Waals surface area contributed by atoms with E-state index >= 15 is 0 Å². The predicted octanol–water partition coefficient (Wildman–Crippen LogP) is 2.70. The van der Waals surface area contributed by atoms with Crippen LogP contribution in [0.3, 0.4) is 0 Å². The van der Waals surface area contributed by atoms with Crippen LogP contribution >= 0.6 is 0 Å². The van der Waals surface area contributed by atoms with Crippen molar-refractivity contribution in [3.05, 3.63) is 29.6 Å². The van der Waals surface area contributed by atoms with Gasteiger partial charge in [0.05, 0.1) is 5.69 Å². The van der Waals surface area contributed by atoms with Crippen LogP contribution in [0.5, 0.6) is 0 Å². The number of hydrogen-bond acceptors (Lipinski definition) is 3. The van der Waals surface area contributed by atoms with Crippen LogP contribution in [0.25, 0.3) is 0 Å². The van der Waals surface area contributed by atoms with Crippen LogP contribution in [0.1, 0.15) is 50.4 Å². The lowest BCUT2D eigenvalue weighted by molar-refractivity contribution is -0.116. The zero-order chi connectivity index (χ0) is 17.4. The number of hydrogen-bond donors (Lipinski definition) is 3. The lowest BCUT2D eigenvalue weighted by Gasteiger charge is -2.14. The van der Waals surface area contributed by atoms with E-state index in [2.05, 4.69) is 10.6 Å². The van der Waals surface area contributed by atoms with E-state index in [1.807, 2.05) is 20.8 Å². The average molecular weight is 324 g/mol. The Labute approximate surface area is 136 Å². The molecule has 1 rings (SSSR count). The fourth-order valence-corrected chi connectivity index (χ4v) is 2.11. The normalized spacial score (nSPS) is 12.1. The summed E-state index contributed by atoms with van der Waals surface area (Å²) in [6.45, 7) is 5.70. The molecule has 0 saturated carbocycles. The van der Waals surface area contributed by atoms with Crippen molar-refractivity contribution in [3.63, 3.8) is 0 Å². The molecule has 0 aliphatic carbocycles. The third-order valence-corrected chi connectivity index (χ3v) is 3.27. The summed E-state index contributed by atoms with van der Waals surface area (Å²) in [5.41, 5.74) is 0.265. The fraction of sp³-hybridized carbons (Fsp3) is 0.529. The minimum absolute atomic E-state index is 0.0691. The molecule has 0 saturated heterocycles. The first-order valence-corrected chi connectivity index (χ1v) is 7.84. The van der Waals surface area contributed by atoms with E-state index in [9.17, 15) is 14.0 Å². The number of aliphatic hydroxyl groups excluding tert-OH is 1. The van der Waals surface area contributed by atoms with Crippen LogP contribution in [0.4, 0.5) is 10.1 Å². The zero-order valence-electron chi connectivity index (χ0n) is 13.9. The summed E-state index contributed by atoms with van der Waals surface area (Å²) in [6.07, 6.45) is 1.55. The molecule has 128 valence electrons. The standard InChI is InChI=1S/C17H25FN2O3/c1-11(2)9-16(22)20-15-7-6-13(10-14(15)18)17(23)19-12(3)5-4-8-21/h6-7,10-12,21H,4-5,8-9H2,1-3H3,(H,19,23)(H,20,22). The van der Waals surface area contributed by atoms with E-state index in [1.54, 1.807) is 0 Å². The van der Waals surface area contributed by atoms with Gasteiger partial charge < -0.3 is 15.7 Å². The number of nitrogens with one attached hydrogen (secondary N) is 2. The smallest absolute Gasteiger partial charge is 0.251 e. The molecule has 0 fully saturated rings. The molecule has 0 radical (unpaired) electrons. The van der Waals surface area contributed by atoms with E-state index in [4.69, 9.17) is 5.11 Å². The summed E-state index contributed by atoms with van der Waals surface area (Å²) >= 11 is 0. The average Bonchev–Trinajstić information content (AvgIpc) is 2.46. The van der Waals surface area contributed by atoms with Crippen molar-refractivity contribution in [3.8, 4) is 0 Å². The van der Waals surface area contributed by atoms with Crippen LogP contribution < -0.4 is 10.6 Å². The highest BCUT2D eigenvalue weighted by molar-refractivity contribution is 5.96. The van der Waals surface area contributed by atoms with E-state index < -0.39 is 5.82 Å². The molecule has 5 nitrogen and oxygen atoms in total. The highest BCUT2D eigenvalue weighted by atomic mass is 19.1. The number of anilines is 1. The number of halogens is 1. The summed E-state index contributed by atoms with van der Waals surface area (Å²) in [5, 5.41) is 14.0. The van der Waals surface area contributed by atoms with Gasteiger partial charge in [0.15, 0.2) is 0 Å². The molecule has 0 aliphatic heterocycles. The maximum atomic E-state index is 14.0. The maximum absolute atomic E-state index is 14.0. The Bertz CT molecular complexity index is 547. The van der Waals surface area contributed by atoms with Crippen molar-refractivity contribution in [2.75, 3.05) is 11.9 Å². The minimum atomic E-state index is -0.641. The SMILES string of the molecule is CC(C)CC(=O)Nc1ccc(C(=O)NC(C)CCCO)cc1F. The Morgan fingerprint density at radius 3 is 2.52 bits per heavy atom. The van der Waals surface area contributed by atoms with Crippen LogP contribution in [-0.4, -0.2) is 29.6 Å². The lowest BCUT2D eigenvalue weighted by Crippen LogP contribution is -2.32. The number of rotatable bonds is 8. The molecule has 0 heterocycles. The summed E-state index contributed by atoms with van der Waals surface area (Å²) in [6, 6.07) is 3.87. The third-order valence-electron chi connectivity index (χ3n) is 3.27. The Morgan fingerprint density at radius 2 is 1.96 bits per heavy atom. The molecule has 1 atom stereocenters. The van der Waals surface area contributed by atoms with E-state index in [0.29, 0.717) is 19.3 Å². The zero-order valence-corrected chi connectivity index (χ0v) is 13.9. The van der Waals surface area contributed by atoms with Gasteiger partial charge in [0.25, 0.3) is 5.91 Å². The van der Waals surface area contributed by atoms with Crippen LogP contribution in [0, 0.1) is 11.7 Å². The monoisotopic (exact) mass is 324 g/mol. The van der Waals surface area contributed by atoms with E-state index in [1.165, 1.54) is 12.1 Å². The fourth-order valence-electron chi connectivity index (χ4n) is 2.11. The van der Waals surface area contributed by atoms with Gasteiger partial charge in [-0.25, -0.2) is 4.39 Å². The number of carbonyl (C=O) groups is 2. The topological polar surface area (TPSA) is 78.4 Å². The van der Waals surface area contributed by atoms with E-state index in [-0.39, 0.29) is 41.6 Å². The molecular weight excluding hydrogens is 299 g/mol. The maximum Gasteiger partial charge on any atom is 0.251 e. The Morgan fingerprint density at radius 1 is 1.26 bits per heavy atom. The Kier molecular flexibility index (Phi) is 7.68. The number of benzene rings is 1. The molecule has 0 aliphatic rings. The molecule has 23 heavy (non-hydrogen) atoms. The van der Waals surface area contributed by atoms with Gasteiger partial charge in [-0.15, -0.1) is 0 Å². The minimum Gasteiger partial charge on any atom is -0.396 e. The second kappa shape index (κ2) is 9.25. The van der Waals surface area contributed by atoms with Crippen molar-refractivity contribution in [1.29, 1.82) is 0 Å². The van der Waals surface area contributed by atoms with Crippen LogP contribution in [0.2, 0.25) is 0 Å². The Hall–Kier alpha value is -1.95. The Balaban J connectivity index is 2.68. The highest BCUT2D eigenvalue weighted by Crippen LogP contribution is 2.17.